The van der Waals surface area contributed by atoms with Gasteiger partial charge in [0.1, 0.15) is 6.10 Å². The van der Waals surface area contributed by atoms with Crippen molar-refractivity contribution in [3.63, 3.8) is 0 Å². The standard InChI is InChI=1S/C40H50O3/c1-30(20-14-23-33(4)24-15-21-32(3)19-12-13-26-35(6)41)17-10-11-18-31(2)22-16-25-34(5)27-28-37-36(7)39(43)38(42)29-40(37,8)9/h10-28,38,42H,29H2,1-9H3. The van der Waals surface area contributed by atoms with Crippen LogP contribution < -0.4 is 0 Å². The van der Waals surface area contributed by atoms with Gasteiger partial charge in [0, 0.05) is 0 Å². The number of Topliss-reactive ketones (excluding diaryl/α,β-unsaturated/α-hetero) is 1. The molecule has 1 atom stereocenters. The predicted molar refractivity (Wildman–Crippen MR) is 186 cm³/mol. The van der Waals surface area contributed by atoms with Crippen LogP contribution >= 0.6 is 0 Å². The summed E-state index contributed by atoms with van der Waals surface area (Å²) in [7, 11) is 0. The van der Waals surface area contributed by atoms with Gasteiger partial charge in [-0.15, -0.1) is 0 Å². The predicted octanol–water partition coefficient (Wildman–Crippen LogP) is 9.88. The minimum absolute atomic E-state index is 0.0402. The molecule has 1 aliphatic carbocycles. The van der Waals surface area contributed by atoms with Gasteiger partial charge in [-0.3, -0.25) is 9.59 Å². The van der Waals surface area contributed by atoms with Crippen LogP contribution in [0.2, 0.25) is 0 Å². The Hall–Kier alpha value is -4.08. The van der Waals surface area contributed by atoms with Crippen LogP contribution in [-0.2, 0) is 9.59 Å². The molecule has 0 saturated heterocycles. The lowest BCUT2D eigenvalue weighted by atomic mass is 9.71. The first-order valence-electron chi connectivity index (χ1n) is 14.8. The van der Waals surface area contributed by atoms with Crippen LogP contribution in [0.1, 0.15) is 68.7 Å². The second-order valence-electron chi connectivity index (χ2n) is 11.7. The molecule has 1 rings (SSSR count). The van der Waals surface area contributed by atoms with Gasteiger partial charge in [0.05, 0.1) is 0 Å². The molecule has 0 amide bonds. The van der Waals surface area contributed by atoms with Gasteiger partial charge in [-0.25, -0.2) is 0 Å². The van der Waals surface area contributed by atoms with Crippen LogP contribution in [0, 0.1) is 5.41 Å². The number of rotatable bonds is 13. The molecule has 0 spiro atoms. The van der Waals surface area contributed by atoms with Crippen LogP contribution in [0.15, 0.2) is 154 Å². The summed E-state index contributed by atoms with van der Waals surface area (Å²) in [4.78, 5) is 23.1. The summed E-state index contributed by atoms with van der Waals surface area (Å²) in [5.74, 6) is -0.130. The van der Waals surface area contributed by atoms with Crippen molar-refractivity contribution in [1.82, 2.24) is 0 Å². The molecule has 0 aliphatic heterocycles. The Morgan fingerprint density at radius 2 is 1.00 bits per heavy atom. The third-order valence-electron chi connectivity index (χ3n) is 6.81. The third kappa shape index (κ3) is 15.6. The minimum Gasteiger partial charge on any atom is -0.385 e. The Kier molecular flexibility index (Phi) is 16.5. The Morgan fingerprint density at radius 1 is 0.628 bits per heavy atom. The molecular weight excluding hydrogens is 528 g/mol. The number of aliphatic hydroxyl groups excluding tert-OH is 1. The van der Waals surface area contributed by atoms with Gasteiger partial charge >= 0.3 is 0 Å². The largest absolute Gasteiger partial charge is 0.385 e. The summed E-state index contributed by atoms with van der Waals surface area (Å²) in [6.45, 7) is 17.7. The maximum Gasteiger partial charge on any atom is 0.187 e. The average molecular weight is 579 g/mol. The fraction of sp³-hybridized carbons (Fsp3) is 0.300. The van der Waals surface area contributed by atoms with Crippen molar-refractivity contribution in [2.45, 2.75) is 74.8 Å². The quantitative estimate of drug-likeness (QED) is 0.175. The fourth-order valence-corrected chi connectivity index (χ4v) is 4.29. The molecule has 3 heteroatoms. The number of carbonyl (C=O) groups is 2. The zero-order valence-corrected chi connectivity index (χ0v) is 27.5. The molecule has 1 unspecified atom stereocenters. The van der Waals surface area contributed by atoms with Crippen molar-refractivity contribution in [2.24, 2.45) is 5.41 Å². The minimum atomic E-state index is -0.901. The highest BCUT2D eigenvalue weighted by atomic mass is 16.3. The Labute approximate surface area is 260 Å². The van der Waals surface area contributed by atoms with Crippen molar-refractivity contribution in [1.29, 1.82) is 0 Å². The molecule has 0 aromatic carbocycles. The summed E-state index contributed by atoms with van der Waals surface area (Å²) in [6.07, 6.45) is 37.3. The summed E-state index contributed by atoms with van der Waals surface area (Å²) < 4.78 is 0. The normalized spacial score (nSPS) is 20.3. The molecule has 3 nitrogen and oxygen atoms in total. The number of allylic oxidation sites excluding steroid dienone is 25. The van der Waals surface area contributed by atoms with E-state index in [0.717, 1.165) is 33.4 Å². The highest BCUT2D eigenvalue weighted by Gasteiger charge is 2.36. The topological polar surface area (TPSA) is 54.4 Å². The van der Waals surface area contributed by atoms with E-state index in [1.54, 1.807) is 19.1 Å². The van der Waals surface area contributed by atoms with E-state index in [0.29, 0.717) is 12.0 Å². The smallest absolute Gasteiger partial charge is 0.187 e. The van der Waals surface area contributed by atoms with Gasteiger partial charge in [-0.1, -0.05) is 151 Å². The Morgan fingerprint density at radius 3 is 1.44 bits per heavy atom. The first kappa shape index (κ1) is 36.9. The molecule has 0 heterocycles. The van der Waals surface area contributed by atoms with E-state index >= 15 is 0 Å². The van der Waals surface area contributed by atoms with E-state index in [9.17, 15) is 14.7 Å². The number of hydrogen-bond donors (Lipinski definition) is 1. The highest BCUT2D eigenvalue weighted by molar-refractivity contribution is 6.00. The van der Waals surface area contributed by atoms with E-state index in [-0.39, 0.29) is 17.0 Å². The number of carbonyl (C=O) groups excluding carboxylic acids is 2. The van der Waals surface area contributed by atoms with Crippen molar-refractivity contribution >= 4 is 11.6 Å². The van der Waals surface area contributed by atoms with Crippen molar-refractivity contribution < 1.29 is 14.7 Å². The Balaban J connectivity index is 2.66. The van der Waals surface area contributed by atoms with Crippen molar-refractivity contribution in [3.8, 4) is 0 Å². The van der Waals surface area contributed by atoms with Gasteiger partial charge in [0.15, 0.2) is 11.6 Å². The maximum atomic E-state index is 12.2. The highest BCUT2D eigenvalue weighted by Crippen LogP contribution is 2.39. The second kappa shape index (κ2) is 19.2. The van der Waals surface area contributed by atoms with Crippen LogP contribution in [-0.4, -0.2) is 22.8 Å². The zero-order chi connectivity index (χ0) is 32.4. The van der Waals surface area contributed by atoms with E-state index in [4.69, 9.17) is 0 Å². The maximum absolute atomic E-state index is 12.2. The van der Waals surface area contributed by atoms with Crippen molar-refractivity contribution in [3.05, 3.63) is 154 Å². The fourth-order valence-electron chi connectivity index (χ4n) is 4.29. The van der Waals surface area contributed by atoms with E-state index in [1.807, 2.05) is 80.7 Å². The molecule has 1 N–H and O–H groups in total. The van der Waals surface area contributed by atoms with Gasteiger partial charge in [0.2, 0.25) is 0 Å². The zero-order valence-electron chi connectivity index (χ0n) is 27.5. The molecule has 0 bridgehead atoms. The molecule has 0 aromatic rings. The number of ketones is 2. The van der Waals surface area contributed by atoms with Gasteiger partial charge in [-0.05, 0) is 77.5 Å². The van der Waals surface area contributed by atoms with Gasteiger partial charge < -0.3 is 5.11 Å². The molecule has 43 heavy (non-hydrogen) atoms. The summed E-state index contributed by atoms with van der Waals surface area (Å²) in [5.41, 5.74) is 7.02. The molecule has 0 fully saturated rings. The molecule has 228 valence electrons. The van der Waals surface area contributed by atoms with Crippen LogP contribution in [0.5, 0.6) is 0 Å². The molecule has 0 saturated carbocycles. The van der Waals surface area contributed by atoms with Crippen LogP contribution in [0.25, 0.3) is 0 Å². The summed E-state index contributed by atoms with van der Waals surface area (Å²) in [6, 6.07) is 0. The van der Waals surface area contributed by atoms with E-state index in [2.05, 4.69) is 71.1 Å². The lowest BCUT2D eigenvalue weighted by Gasteiger charge is -2.34. The first-order valence-corrected chi connectivity index (χ1v) is 14.8. The monoisotopic (exact) mass is 578 g/mol. The lowest BCUT2D eigenvalue weighted by Crippen LogP contribution is -2.35. The number of aliphatic hydroxyl groups is 1. The Bertz CT molecular complexity index is 1400. The second-order valence-corrected chi connectivity index (χ2v) is 11.7. The molecule has 0 aromatic heterocycles. The average Bonchev–Trinajstić information content (AvgIpc) is 2.91. The van der Waals surface area contributed by atoms with Crippen LogP contribution in [0.3, 0.4) is 0 Å². The van der Waals surface area contributed by atoms with E-state index in [1.165, 1.54) is 6.92 Å². The first-order chi connectivity index (χ1) is 20.2. The van der Waals surface area contributed by atoms with Gasteiger partial charge in [-0.2, -0.15) is 0 Å². The third-order valence-corrected chi connectivity index (χ3v) is 6.81. The SMILES string of the molecule is CC(=O)C=CC=CC(C)=CC=CC(C)=CC=CC(C)=CC=CC=C(C)C=CC=C(C)C=CC1=C(C)C(=O)C(O)CC1(C)C. The van der Waals surface area contributed by atoms with Gasteiger partial charge in [0.25, 0.3) is 0 Å². The molecule has 1 aliphatic rings. The number of hydrogen-bond acceptors (Lipinski definition) is 3. The lowest BCUT2D eigenvalue weighted by molar-refractivity contribution is -0.125. The van der Waals surface area contributed by atoms with Crippen molar-refractivity contribution in [2.75, 3.05) is 0 Å². The van der Waals surface area contributed by atoms with E-state index < -0.39 is 6.10 Å². The summed E-state index contributed by atoms with van der Waals surface area (Å²) >= 11 is 0. The molecule has 0 radical (unpaired) electrons. The summed E-state index contributed by atoms with van der Waals surface area (Å²) in [5, 5.41) is 10.0. The van der Waals surface area contributed by atoms with Crippen LogP contribution in [0.4, 0.5) is 0 Å². The molecular formula is C40H50O3.